The second-order valence-electron chi connectivity index (χ2n) is 4.08. The third-order valence-corrected chi connectivity index (χ3v) is 3.80. The van der Waals surface area contributed by atoms with Gasteiger partial charge in [0.15, 0.2) is 5.69 Å². The van der Waals surface area contributed by atoms with E-state index in [1.54, 1.807) is 13.0 Å². The molecule has 0 aliphatic heterocycles. The average Bonchev–Trinajstić information content (AvgIpc) is 3.06. The summed E-state index contributed by atoms with van der Waals surface area (Å²) in [6.45, 7) is 1.81. The SMILES string of the molecule is Cc1cc(-c2nnc(SCc3ccccc3Cl)o2)no1. The summed E-state index contributed by atoms with van der Waals surface area (Å²) in [5, 5.41) is 12.9. The second kappa shape index (κ2) is 5.68. The topological polar surface area (TPSA) is 65.0 Å². The van der Waals surface area contributed by atoms with Crippen molar-refractivity contribution in [1.82, 2.24) is 15.4 Å². The molecule has 20 heavy (non-hydrogen) atoms. The molecule has 3 aromatic rings. The van der Waals surface area contributed by atoms with Crippen LogP contribution in [0.2, 0.25) is 5.02 Å². The van der Waals surface area contributed by atoms with Crippen LogP contribution in [0.25, 0.3) is 11.6 Å². The van der Waals surface area contributed by atoms with Crippen LogP contribution < -0.4 is 0 Å². The van der Waals surface area contributed by atoms with Gasteiger partial charge in [0.1, 0.15) is 5.76 Å². The van der Waals surface area contributed by atoms with Gasteiger partial charge in [-0.15, -0.1) is 10.2 Å². The Morgan fingerprint density at radius 3 is 2.85 bits per heavy atom. The van der Waals surface area contributed by atoms with Gasteiger partial charge < -0.3 is 8.94 Å². The summed E-state index contributed by atoms with van der Waals surface area (Å²) in [6, 6.07) is 9.41. The van der Waals surface area contributed by atoms with E-state index in [1.807, 2.05) is 24.3 Å². The number of halogens is 1. The van der Waals surface area contributed by atoms with Crippen LogP contribution in [0.5, 0.6) is 0 Å². The van der Waals surface area contributed by atoms with E-state index in [4.69, 9.17) is 20.5 Å². The first-order valence-electron chi connectivity index (χ1n) is 5.86. The molecule has 0 bridgehead atoms. The van der Waals surface area contributed by atoms with Gasteiger partial charge in [-0.1, -0.05) is 46.7 Å². The number of benzene rings is 1. The van der Waals surface area contributed by atoms with E-state index >= 15 is 0 Å². The van der Waals surface area contributed by atoms with Crippen molar-refractivity contribution in [3.63, 3.8) is 0 Å². The summed E-state index contributed by atoms with van der Waals surface area (Å²) in [6.07, 6.45) is 0. The second-order valence-corrected chi connectivity index (χ2v) is 5.41. The molecule has 0 saturated heterocycles. The molecule has 2 heterocycles. The number of thioether (sulfide) groups is 1. The first kappa shape index (κ1) is 13.2. The smallest absolute Gasteiger partial charge is 0.277 e. The number of aromatic nitrogens is 3. The largest absolute Gasteiger partial charge is 0.409 e. The highest BCUT2D eigenvalue weighted by molar-refractivity contribution is 7.98. The minimum Gasteiger partial charge on any atom is -0.409 e. The molecule has 7 heteroatoms. The van der Waals surface area contributed by atoms with Crippen molar-refractivity contribution in [3.05, 3.63) is 46.7 Å². The molecule has 0 N–H and O–H groups in total. The summed E-state index contributed by atoms with van der Waals surface area (Å²) >= 11 is 7.52. The van der Waals surface area contributed by atoms with Crippen LogP contribution in [-0.4, -0.2) is 15.4 Å². The Bertz CT molecular complexity index is 726. The van der Waals surface area contributed by atoms with Crippen molar-refractivity contribution in [2.45, 2.75) is 17.9 Å². The molecule has 0 aliphatic carbocycles. The molecular formula is C13H10ClN3O2S. The Morgan fingerprint density at radius 1 is 1.25 bits per heavy atom. The van der Waals surface area contributed by atoms with Crippen molar-refractivity contribution in [1.29, 1.82) is 0 Å². The maximum Gasteiger partial charge on any atom is 0.277 e. The summed E-state index contributed by atoms with van der Waals surface area (Å²) in [5.74, 6) is 1.71. The lowest BCUT2D eigenvalue weighted by atomic mass is 10.2. The average molecular weight is 308 g/mol. The van der Waals surface area contributed by atoms with Gasteiger partial charge in [-0.05, 0) is 18.6 Å². The number of hydrogen-bond acceptors (Lipinski definition) is 6. The highest BCUT2D eigenvalue weighted by Crippen LogP contribution is 2.27. The van der Waals surface area contributed by atoms with E-state index in [1.165, 1.54) is 11.8 Å². The van der Waals surface area contributed by atoms with Crippen molar-refractivity contribution >= 4 is 23.4 Å². The van der Waals surface area contributed by atoms with Crippen molar-refractivity contribution in [2.75, 3.05) is 0 Å². The standard InChI is InChI=1S/C13H10ClN3O2S/c1-8-6-11(17-19-8)12-15-16-13(18-12)20-7-9-4-2-3-5-10(9)14/h2-6H,7H2,1H3. The fourth-order valence-corrected chi connectivity index (χ4v) is 2.64. The highest BCUT2D eigenvalue weighted by atomic mass is 35.5. The molecule has 2 aromatic heterocycles. The van der Waals surface area contributed by atoms with Gasteiger partial charge in [0.2, 0.25) is 0 Å². The van der Waals surface area contributed by atoms with E-state index < -0.39 is 0 Å². The van der Waals surface area contributed by atoms with Crippen molar-refractivity contribution in [3.8, 4) is 11.6 Å². The lowest BCUT2D eigenvalue weighted by Gasteiger charge is -2.00. The van der Waals surface area contributed by atoms with Gasteiger partial charge in [0, 0.05) is 16.8 Å². The lowest BCUT2D eigenvalue weighted by molar-refractivity contribution is 0.394. The van der Waals surface area contributed by atoms with Gasteiger partial charge in [0.25, 0.3) is 11.1 Å². The quantitative estimate of drug-likeness (QED) is 0.679. The van der Waals surface area contributed by atoms with Gasteiger partial charge in [-0.25, -0.2) is 0 Å². The summed E-state index contributed by atoms with van der Waals surface area (Å²) in [7, 11) is 0. The predicted molar refractivity (Wildman–Crippen MR) is 75.5 cm³/mol. The molecule has 0 saturated carbocycles. The fourth-order valence-electron chi connectivity index (χ4n) is 1.59. The number of aryl methyl sites for hydroxylation is 1. The third-order valence-electron chi connectivity index (χ3n) is 2.56. The van der Waals surface area contributed by atoms with E-state index in [0.29, 0.717) is 28.3 Å². The van der Waals surface area contributed by atoms with E-state index in [2.05, 4.69) is 15.4 Å². The zero-order valence-electron chi connectivity index (χ0n) is 10.5. The van der Waals surface area contributed by atoms with E-state index in [9.17, 15) is 0 Å². The molecule has 102 valence electrons. The first-order chi connectivity index (χ1) is 9.72. The Balaban J connectivity index is 1.70. The van der Waals surface area contributed by atoms with Crippen LogP contribution in [0, 0.1) is 6.92 Å². The van der Waals surface area contributed by atoms with Crippen LogP contribution in [0.3, 0.4) is 0 Å². The molecule has 1 aromatic carbocycles. The van der Waals surface area contributed by atoms with Gasteiger partial charge in [-0.3, -0.25) is 0 Å². The lowest BCUT2D eigenvalue weighted by Crippen LogP contribution is -1.81. The van der Waals surface area contributed by atoms with Gasteiger partial charge in [0.05, 0.1) is 0 Å². The molecule has 0 atom stereocenters. The zero-order valence-corrected chi connectivity index (χ0v) is 12.1. The molecule has 0 unspecified atom stereocenters. The Labute approximate surface area is 124 Å². The maximum absolute atomic E-state index is 6.09. The third kappa shape index (κ3) is 2.86. The molecule has 5 nitrogen and oxygen atoms in total. The highest BCUT2D eigenvalue weighted by Gasteiger charge is 2.13. The van der Waals surface area contributed by atoms with Crippen LogP contribution in [0.15, 0.2) is 44.5 Å². The summed E-state index contributed by atoms with van der Waals surface area (Å²) < 4.78 is 10.5. The van der Waals surface area contributed by atoms with Crippen LogP contribution in [0.4, 0.5) is 0 Å². The Kier molecular flexibility index (Phi) is 3.75. The Hall–Kier alpha value is -1.79. The summed E-state index contributed by atoms with van der Waals surface area (Å²) in [4.78, 5) is 0. The molecule has 0 radical (unpaired) electrons. The van der Waals surface area contributed by atoms with E-state index in [-0.39, 0.29) is 0 Å². The number of rotatable bonds is 4. The van der Waals surface area contributed by atoms with Crippen molar-refractivity contribution in [2.24, 2.45) is 0 Å². The molecule has 0 aliphatic rings. The van der Waals surface area contributed by atoms with Crippen LogP contribution in [-0.2, 0) is 5.75 Å². The minimum atomic E-state index is 0.350. The monoisotopic (exact) mass is 307 g/mol. The number of hydrogen-bond donors (Lipinski definition) is 0. The van der Waals surface area contributed by atoms with Gasteiger partial charge in [-0.2, -0.15) is 0 Å². The molecule has 0 spiro atoms. The minimum absolute atomic E-state index is 0.350. The first-order valence-corrected chi connectivity index (χ1v) is 7.22. The zero-order chi connectivity index (χ0) is 13.9. The van der Waals surface area contributed by atoms with Crippen LogP contribution in [0.1, 0.15) is 11.3 Å². The van der Waals surface area contributed by atoms with Gasteiger partial charge >= 0.3 is 0 Å². The predicted octanol–water partition coefficient (Wildman–Crippen LogP) is 3.98. The molecule has 0 amide bonds. The van der Waals surface area contributed by atoms with E-state index in [0.717, 1.165) is 10.6 Å². The molecular weight excluding hydrogens is 298 g/mol. The summed E-state index contributed by atoms with van der Waals surface area (Å²) in [5.41, 5.74) is 1.57. The van der Waals surface area contributed by atoms with Crippen LogP contribution >= 0.6 is 23.4 Å². The normalized spacial score (nSPS) is 10.9. The van der Waals surface area contributed by atoms with Crippen molar-refractivity contribution < 1.29 is 8.94 Å². The Morgan fingerprint density at radius 2 is 2.10 bits per heavy atom. The molecule has 0 fully saturated rings. The number of nitrogens with zero attached hydrogens (tertiary/aromatic N) is 3. The fraction of sp³-hybridized carbons (Fsp3) is 0.154. The maximum atomic E-state index is 6.09. The molecule has 3 rings (SSSR count).